The first kappa shape index (κ1) is 24.6. The van der Waals surface area contributed by atoms with E-state index >= 15 is 0 Å². The summed E-state index contributed by atoms with van der Waals surface area (Å²) in [6.45, 7) is 0. The summed E-state index contributed by atoms with van der Waals surface area (Å²) in [7, 11) is 0. The number of aromatic hydroxyl groups is 4. The van der Waals surface area contributed by atoms with Crippen LogP contribution in [0.15, 0.2) is 48.6 Å². The molecule has 2 aliphatic rings. The molecule has 4 atom stereocenters. The third-order valence-corrected chi connectivity index (χ3v) is 5.79. The molecule has 11 nitrogen and oxygen atoms in total. The highest BCUT2D eigenvalue weighted by Crippen LogP contribution is 2.41. The van der Waals surface area contributed by atoms with Crippen molar-refractivity contribution in [1.29, 1.82) is 0 Å². The van der Waals surface area contributed by atoms with Gasteiger partial charge in [0.15, 0.2) is 34.7 Å². The van der Waals surface area contributed by atoms with E-state index in [0.29, 0.717) is 11.1 Å². The number of carbonyl (C=O) groups excluding carboxylic acids is 3. The van der Waals surface area contributed by atoms with E-state index in [4.69, 9.17) is 14.2 Å². The molecule has 0 spiro atoms. The van der Waals surface area contributed by atoms with E-state index in [1.807, 2.05) is 0 Å². The van der Waals surface area contributed by atoms with Crippen LogP contribution in [0.3, 0.4) is 0 Å². The van der Waals surface area contributed by atoms with Crippen LogP contribution >= 0.6 is 0 Å². The average molecular weight is 498 g/mol. The lowest BCUT2D eigenvalue weighted by atomic mass is 9.82. The van der Waals surface area contributed by atoms with Crippen molar-refractivity contribution >= 4 is 30.1 Å². The van der Waals surface area contributed by atoms with Crippen LogP contribution in [0.2, 0.25) is 0 Å². The molecular formula is C25H22O11. The van der Waals surface area contributed by atoms with E-state index < -0.39 is 41.8 Å². The zero-order chi connectivity index (χ0) is 26.0. The zero-order valence-electron chi connectivity index (χ0n) is 18.6. The van der Waals surface area contributed by atoms with Gasteiger partial charge in [0.2, 0.25) is 0 Å². The summed E-state index contributed by atoms with van der Waals surface area (Å²) in [5.74, 6) is -4.05. The van der Waals surface area contributed by atoms with Crippen molar-refractivity contribution in [3.05, 3.63) is 59.7 Å². The molecule has 4 unspecified atom stereocenters. The molecule has 5 N–H and O–H groups in total. The van der Waals surface area contributed by atoms with Gasteiger partial charge in [-0.05, 0) is 47.5 Å². The van der Waals surface area contributed by atoms with E-state index in [2.05, 4.69) is 0 Å². The van der Waals surface area contributed by atoms with Crippen molar-refractivity contribution in [3.8, 4) is 23.0 Å². The SMILES string of the molecule is O=C(C=Cc1ccc(O)c(O)c1)OC1CC2(O)CC(OC2=O)C1OC(=O)C=Cc1ccc(O)c(O)c1. The maximum absolute atomic E-state index is 12.5. The number of phenolic OH excluding ortho intramolecular Hbond substituents is 4. The van der Waals surface area contributed by atoms with Gasteiger partial charge in [-0.2, -0.15) is 0 Å². The molecular weight excluding hydrogens is 476 g/mol. The second kappa shape index (κ2) is 9.62. The fourth-order valence-electron chi connectivity index (χ4n) is 3.98. The quantitative estimate of drug-likeness (QED) is 0.169. The van der Waals surface area contributed by atoms with Crippen LogP contribution in [0.1, 0.15) is 24.0 Å². The van der Waals surface area contributed by atoms with Crippen LogP contribution in [-0.4, -0.2) is 67.4 Å². The molecule has 2 aromatic carbocycles. The molecule has 2 aromatic rings. The van der Waals surface area contributed by atoms with E-state index in [0.717, 1.165) is 12.2 Å². The minimum atomic E-state index is -1.88. The molecule has 1 saturated carbocycles. The molecule has 1 heterocycles. The summed E-state index contributed by atoms with van der Waals surface area (Å²) in [4.78, 5) is 37.0. The van der Waals surface area contributed by atoms with E-state index in [9.17, 15) is 39.9 Å². The lowest BCUT2D eigenvalue weighted by Crippen LogP contribution is -2.51. The van der Waals surface area contributed by atoms with Crippen LogP contribution < -0.4 is 0 Å². The van der Waals surface area contributed by atoms with Crippen LogP contribution in [-0.2, 0) is 28.6 Å². The first-order valence-corrected chi connectivity index (χ1v) is 10.8. The molecule has 4 rings (SSSR count). The van der Waals surface area contributed by atoms with Gasteiger partial charge >= 0.3 is 17.9 Å². The first-order chi connectivity index (χ1) is 17.0. The van der Waals surface area contributed by atoms with Crippen molar-refractivity contribution in [2.24, 2.45) is 0 Å². The molecule has 0 radical (unpaired) electrons. The second-order valence-electron chi connectivity index (χ2n) is 8.42. The average Bonchev–Trinajstić information content (AvgIpc) is 3.07. The number of fused-ring (bicyclic) bond motifs is 2. The highest BCUT2D eigenvalue weighted by Gasteiger charge is 2.60. The smallest absolute Gasteiger partial charge is 0.338 e. The number of benzene rings is 2. The molecule has 0 aromatic heterocycles. The van der Waals surface area contributed by atoms with Gasteiger partial charge < -0.3 is 39.7 Å². The zero-order valence-corrected chi connectivity index (χ0v) is 18.6. The fourth-order valence-corrected chi connectivity index (χ4v) is 3.98. The molecule has 11 heteroatoms. The van der Waals surface area contributed by atoms with Crippen molar-refractivity contribution in [3.63, 3.8) is 0 Å². The summed E-state index contributed by atoms with van der Waals surface area (Å²) in [5.41, 5.74) is -1.11. The number of hydrogen-bond acceptors (Lipinski definition) is 11. The van der Waals surface area contributed by atoms with Gasteiger partial charge in [0, 0.05) is 25.0 Å². The Kier molecular flexibility index (Phi) is 6.58. The molecule has 188 valence electrons. The lowest BCUT2D eigenvalue weighted by molar-refractivity contribution is -0.178. The van der Waals surface area contributed by atoms with Crippen molar-refractivity contribution in [2.45, 2.75) is 36.8 Å². The Bertz CT molecular complexity index is 1260. The summed E-state index contributed by atoms with van der Waals surface area (Å²) in [6.07, 6.45) is 0.764. The van der Waals surface area contributed by atoms with Crippen LogP contribution in [0, 0.1) is 0 Å². The van der Waals surface area contributed by atoms with Crippen LogP contribution in [0.25, 0.3) is 12.2 Å². The maximum Gasteiger partial charge on any atom is 0.338 e. The van der Waals surface area contributed by atoms with Gasteiger partial charge in [0.05, 0.1) is 0 Å². The molecule has 1 saturated heterocycles. The summed E-state index contributed by atoms with van der Waals surface area (Å²) in [6, 6.07) is 7.81. The summed E-state index contributed by atoms with van der Waals surface area (Å²) in [5, 5.41) is 48.4. The van der Waals surface area contributed by atoms with Crippen molar-refractivity contribution < 1.29 is 54.1 Å². The third kappa shape index (κ3) is 5.26. The highest BCUT2D eigenvalue weighted by atomic mass is 16.6. The number of rotatable bonds is 6. The summed E-state index contributed by atoms with van der Waals surface area (Å²) >= 11 is 0. The van der Waals surface area contributed by atoms with Crippen molar-refractivity contribution in [1.82, 2.24) is 0 Å². The molecule has 2 fully saturated rings. The topological polar surface area (TPSA) is 180 Å². The Morgan fingerprint density at radius 2 is 1.36 bits per heavy atom. The van der Waals surface area contributed by atoms with Crippen LogP contribution in [0.5, 0.6) is 23.0 Å². The molecule has 36 heavy (non-hydrogen) atoms. The second-order valence-corrected chi connectivity index (χ2v) is 8.42. The summed E-state index contributed by atoms with van der Waals surface area (Å²) < 4.78 is 15.9. The van der Waals surface area contributed by atoms with Gasteiger partial charge in [0.1, 0.15) is 12.2 Å². The molecule has 1 aliphatic heterocycles. The molecule has 2 bridgehead atoms. The maximum atomic E-state index is 12.5. The number of hydrogen-bond donors (Lipinski definition) is 5. The predicted molar refractivity (Wildman–Crippen MR) is 121 cm³/mol. The van der Waals surface area contributed by atoms with Crippen LogP contribution in [0.4, 0.5) is 0 Å². The Labute approximate surface area is 204 Å². The van der Waals surface area contributed by atoms with Gasteiger partial charge in [-0.25, -0.2) is 14.4 Å². The molecule has 0 amide bonds. The normalized spacial score (nSPS) is 25.1. The fraction of sp³-hybridized carbons (Fsp3) is 0.240. The number of ether oxygens (including phenoxy) is 3. The minimum Gasteiger partial charge on any atom is -0.504 e. The standard InChI is InChI=1S/C25H22O11/c26-15-5-1-13(9-17(15)28)3-7-21(30)34-19-11-25(33)12-20(35-24(25)32)23(19)36-22(31)8-4-14-2-6-16(27)18(29)10-14/h1-10,19-20,23,26-29,33H,11-12H2. The lowest BCUT2D eigenvalue weighted by Gasteiger charge is -2.35. The third-order valence-electron chi connectivity index (χ3n) is 5.79. The van der Waals surface area contributed by atoms with Crippen molar-refractivity contribution in [2.75, 3.05) is 0 Å². The monoisotopic (exact) mass is 498 g/mol. The Balaban J connectivity index is 1.46. The van der Waals surface area contributed by atoms with Gasteiger partial charge in [-0.15, -0.1) is 0 Å². The largest absolute Gasteiger partial charge is 0.504 e. The number of esters is 3. The predicted octanol–water partition coefficient (Wildman–Crippen LogP) is 1.51. The van der Waals surface area contributed by atoms with E-state index in [1.54, 1.807) is 0 Å². The van der Waals surface area contributed by atoms with E-state index in [-0.39, 0.29) is 35.8 Å². The van der Waals surface area contributed by atoms with Gasteiger partial charge in [-0.1, -0.05) is 12.1 Å². The molecule has 1 aliphatic carbocycles. The Morgan fingerprint density at radius 3 is 1.89 bits per heavy atom. The number of phenols is 4. The minimum absolute atomic E-state index is 0.143. The Morgan fingerprint density at radius 1 is 0.833 bits per heavy atom. The first-order valence-electron chi connectivity index (χ1n) is 10.8. The van der Waals surface area contributed by atoms with Gasteiger partial charge in [0.25, 0.3) is 0 Å². The van der Waals surface area contributed by atoms with E-state index in [1.165, 1.54) is 48.6 Å². The number of aliphatic hydroxyl groups is 1. The highest BCUT2D eigenvalue weighted by molar-refractivity contribution is 5.89. The van der Waals surface area contributed by atoms with Gasteiger partial charge in [-0.3, -0.25) is 0 Å². The number of carbonyl (C=O) groups is 3. The Hall–Kier alpha value is -4.51.